The van der Waals surface area contributed by atoms with E-state index in [1.807, 2.05) is 0 Å². The van der Waals surface area contributed by atoms with E-state index >= 15 is 0 Å². The van der Waals surface area contributed by atoms with Crippen molar-refractivity contribution in [2.24, 2.45) is 0 Å². The lowest BCUT2D eigenvalue weighted by atomic mass is 10.0. The Morgan fingerprint density at radius 3 is 2.56 bits per heavy atom. The Morgan fingerprint density at radius 1 is 1.19 bits per heavy atom. The Bertz CT molecular complexity index is 1270. The number of hydrogen-bond acceptors (Lipinski definition) is 5. The monoisotopic (exact) mass is 383 g/mol. The first-order valence-electron chi connectivity index (χ1n) is 8.03. The van der Waals surface area contributed by atoms with Gasteiger partial charge >= 0.3 is 5.97 Å². The number of carboxylic acids is 1. The molecule has 6 nitrogen and oxygen atoms in total. The molecule has 0 aliphatic heterocycles. The smallest absolute Gasteiger partial charge is 0.335 e. The zero-order valence-electron chi connectivity index (χ0n) is 14.4. The lowest BCUT2D eigenvalue weighted by Gasteiger charge is -2.11. The first-order valence-corrected chi connectivity index (χ1v) is 9.76. The summed E-state index contributed by atoms with van der Waals surface area (Å²) >= 11 is 0. The van der Waals surface area contributed by atoms with Crippen LogP contribution < -0.4 is 5.43 Å². The average molecular weight is 383 g/mol. The average Bonchev–Trinajstić information content (AvgIpc) is 2.62. The van der Waals surface area contributed by atoms with Crippen molar-refractivity contribution in [3.05, 3.63) is 77.0 Å². The minimum Gasteiger partial charge on any atom is -0.478 e. The standard InChI is InChI=1S/C20H17NO5S/c1-3-5-12-9-14(27(21,25)8-4-2)11-16-18(22)15-10-13(20(23)24)6-7-17(15)26-19(12)16/h3-4,6-7,9-11,21H,1-2,5,8H2,(H,23,24). The third-order valence-corrected chi connectivity index (χ3v) is 5.87. The predicted octanol–water partition coefficient (Wildman–Crippen LogP) is 3.96. The molecule has 0 radical (unpaired) electrons. The summed E-state index contributed by atoms with van der Waals surface area (Å²) in [6.07, 6.45) is 3.37. The molecule has 1 aromatic heterocycles. The van der Waals surface area contributed by atoms with Gasteiger partial charge in [-0.3, -0.25) is 4.79 Å². The summed E-state index contributed by atoms with van der Waals surface area (Å²) in [6.45, 7) is 7.21. The van der Waals surface area contributed by atoms with Crippen LogP contribution >= 0.6 is 0 Å². The molecule has 0 amide bonds. The second kappa shape index (κ2) is 6.85. The van der Waals surface area contributed by atoms with Gasteiger partial charge in [0.1, 0.15) is 11.2 Å². The highest BCUT2D eigenvalue weighted by Gasteiger charge is 2.18. The number of carboxylic acid groups (broad SMARTS) is 1. The Labute approximate surface area is 155 Å². The summed E-state index contributed by atoms with van der Waals surface area (Å²) in [4.78, 5) is 24.4. The molecule has 138 valence electrons. The van der Waals surface area contributed by atoms with Crippen LogP contribution in [0.15, 0.2) is 69.7 Å². The van der Waals surface area contributed by atoms with Gasteiger partial charge in [0.15, 0.2) is 0 Å². The van der Waals surface area contributed by atoms with Gasteiger partial charge in [-0.1, -0.05) is 12.2 Å². The van der Waals surface area contributed by atoms with Crippen molar-refractivity contribution < 1.29 is 18.5 Å². The summed E-state index contributed by atoms with van der Waals surface area (Å²) in [5.74, 6) is -1.20. The summed E-state index contributed by atoms with van der Waals surface area (Å²) < 4.78 is 26.6. The van der Waals surface area contributed by atoms with Gasteiger partial charge in [0, 0.05) is 10.5 Å². The van der Waals surface area contributed by atoms with Gasteiger partial charge < -0.3 is 9.52 Å². The Hall–Kier alpha value is -3.19. The molecular formula is C20H17NO5S. The quantitative estimate of drug-likeness (QED) is 0.495. The normalized spacial score (nSPS) is 13.3. The maximum absolute atomic E-state index is 13.0. The molecule has 3 aromatic rings. The number of benzene rings is 2. The second-order valence-corrected chi connectivity index (χ2v) is 8.19. The lowest BCUT2D eigenvalue weighted by molar-refractivity contribution is 0.0697. The first-order chi connectivity index (χ1) is 12.8. The molecule has 0 aliphatic carbocycles. The molecule has 0 saturated carbocycles. The van der Waals surface area contributed by atoms with E-state index in [0.717, 1.165) is 0 Å². The van der Waals surface area contributed by atoms with E-state index in [-0.39, 0.29) is 32.6 Å². The maximum atomic E-state index is 13.0. The van der Waals surface area contributed by atoms with E-state index < -0.39 is 21.1 Å². The lowest BCUT2D eigenvalue weighted by Crippen LogP contribution is -2.09. The van der Waals surface area contributed by atoms with Gasteiger partial charge in [-0.25, -0.2) is 13.8 Å². The van der Waals surface area contributed by atoms with Crippen LogP contribution in [-0.4, -0.2) is 21.0 Å². The minimum absolute atomic E-state index is 0.0347. The molecule has 7 heteroatoms. The SMILES string of the molecule is C=CCc1cc(S(=N)(=O)CC=C)cc2c(=O)c3cc(C(=O)O)ccc3oc12. The highest BCUT2D eigenvalue weighted by atomic mass is 32.2. The van der Waals surface area contributed by atoms with Gasteiger partial charge in [-0.2, -0.15) is 0 Å². The Morgan fingerprint density at radius 2 is 1.93 bits per heavy atom. The van der Waals surface area contributed by atoms with Crippen molar-refractivity contribution in [3.63, 3.8) is 0 Å². The van der Waals surface area contributed by atoms with Gasteiger partial charge in [0.2, 0.25) is 5.43 Å². The summed E-state index contributed by atoms with van der Waals surface area (Å²) in [6, 6.07) is 7.03. The van der Waals surface area contributed by atoms with Crippen molar-refractivity contribution in [1.29, 1.82) is 4.78 Å². The molecule has 2 aromatic carbocycles. The minimum atomic E-state index is -3.16. The van der Waals surface area contributed by atoms with Gasteiger partial charge in [-0.05, 0) is 36.8 Å². The van der Waals surface area contributed by atoms with Gasteiger partial charge in [-0.15, -0.1) is 13.2 Å². The number of fused-ring (bicyclic) bond motifs is 2. The van der Waals surface area contributed by atoms with Crippen molar-refractivity contribution in [1.82, 2.24) is 0 Å². The first kappa shape index (κ1) is 18.6. The van der Waals surface area contributed by atoms with Crippen LogP contribution in [0.2, 0.25) is 0 Å². The highest BCUT2D eigenvalue weighted by Crippen LogP contribution is 2.27. The topological polar surface area (TPSA) is 108 Å². The van der Waals surface area contributed by atoms with E-state index in [9.17, 15) is 13.8 Å². The second-order valence-electron chi connectivity index (χ2n) is 6.03. The molecule has 27 heavy (non-hydrogen) atoms. The van der Waals surface area contributed by atoms with Crippen molar-refractivity contribution in [2.75, 3.05) is 5.75 Å². The highest BCUT2D eigenvalue weighted by molar-refractivity contribution is 7.92. The van der Waals surface area contributed by atoms with Crippen molar-refractivity contribution in [3.8, 4) is 0 Å². The third kappa shape index (κ3) is 3.29. The molecule has 1 unspecified atom stereocenters. The van der Waals surface area contributed by atoms with Crippen LogP contribution in [0.25, 0.3) is 21.9 Å². The Kier molecular flexibility index (Phi) is 4.72. The van der Waals surface area contributed by atoms with Gasteiger partial charge in [0.25, 0.3) is 0 Å². The van der Waals surface area contributed by atoms with Crippen LogP contribution in [0.5, 0.6) is 0 Å². The molecule has 0 saturated heterocycles. The molecule has 3 rings (SSSR count). The number of aromatic carboxylic acids is 1. The number of rotatable bonds is 6. The van der Waals surface area contributed by atoms with E-state index in [0.29, 0.717) is 17.6 Å². The predicted molar refractivity (Wildman–Crippen MR) is 105 cm³/mol. The fraction of sp³-hybridized carbons (Fsp3) is 0.100. The van der Waals surface area contributed by atoms with E-state index in [1.165, 1.54) is 30.3 Å². The fourth-order valence-electron chi connectivity index (χ4n) is 2.89. The maximum Gasteiger partial charge on any atom is 0.335 e. The zero-order chi connectivity index (χ0) is 19.8. The number of hydrogen-bond donors (Lipinski definition) is 2. The third-order valence-electron chi connectivity index (χ3n) is 4.16. The van der Waals surface area contributed by atoms with Crippen LogP contribution in [0.3, 0.4) is 0 Å². The van der Waals surface area contributed by atoms with Crippen LogP contribution in [-0.2, 0) is 16.1 Å². The number of allylic oxidation sites excluding steroid dienone is 1. The van der Waals surface area contributed by atoms with E-state index in [2.05, 4.69) is 13.2 Å². The molecular weight excluding hydrogens is 366 g/mol. The van der Waals surface area contributed by atoms with Crippen LogP contribution in [0.1, 0.15) is 15.9 Å². The Balaban J connectivity index is 2.45. The summed E-state index contributed by atoms with van der Waals surface area (Å²) in [5, 5.41) is 9.43. The molecule has 1 heterocycles. The van der Waals surface area contributed by atoms with Crippen LogP contribution in [0, 0.1) is 4.78 Å². The van der Waals surface area contributed by atoms with E-state index in [1.54, 1.807) is 12.1 Å². The fourth-order valence-corrected chi connectivity index (χ4v) is 4.06. The van der Waals surface area contributed by atoms with Gasteiger partial charge in [0.05, 0.1) is 31.8 Å². The molecule has 1 atom stereocenters. The zero-order valence-corrected chi connectivity index (χ0v) is 15.2. The molecule has 0 spiro atoms. The van der Waals surface area contributed by atoms with Crippen molar-refractivity contribution >= 4 is 37.6 Å². The molecule has 2 N–H and O–H groups in total. The largest absolute Gasteiger partial charge is 0.478 e. The van der Waals surface area contributed by atoms with E-state index in [4.69, 9.17) is 14.3 Å². The molecule has 0 bridgehead atoms. The summed E-state index contributed by atoms with van der Waals surface area (Å²) in [7, 11) is -3.16. The van der Waals surface area contributed by atoms with Crippen LogP contribution in [0.4, 0.5) is 0 Å². The van der Waals surface area contributed by atoms with Crippen molar-refractivity contribution in [2.45, 2.75) is 11.3 Å². The summed E-state index contributed by atoms with van der Waals surface area (Å²) in [5.41, 5.74) is 0.687. The number of carbonyl (C=O) groups is 1. The number of nitrogens with one attached hydrogen (secondary N) is 1. The molecule has 0 aliphatic rings. The molecule has 0 fully saturated rings.